The molecular formula is C25H33FN2O4S. The maximum Gasteiger partial charge on any atom is 0.257 e. The maximum absolute atomic E-state index is 14.4. The first kappa shape index (κ1) is 25.3. The lowest BCUT2D eigenvalue weighted by molar-refractivity contribution is -0.924. The molecule has 2 aromatic carbocycles. The molecule has 2 aromatic rings. The Morgan fingerprint density at radius 3 is 2.24 bits per heavy atom. The zero-order valence-electron chi connectivity index (χ0n) is 19.7. The van der Waals surface area contributed by atoms with Gasteiger partial charge in [-0.2, -0.15) is 0 Å². The van der Waals surface area contributed by atoms with Gasteiger partial charge in [0.1, 0.15) is 5.82 Å². The van der Waals surface area contributed by atoms with Crippen LogP contribution in [-0.4, -0.2) is 49.7 Å². The first-order valence-corrected chi connectivity index (χ1v) is 12.7. The van der Waals surface area contributed by atoms with Crippen LogP contribution in [0.1, 0.15) is 46.1 Å². The number of halogens is 1. The summed E-state index contributed by atoms with van der Waals surface area (Å²) in [6.07, 6.45) is 0.550. The molecule has 180 valence electrons. The molecule has 1 amide bonds. The highest BCUT2D eigenvalue weighted by molar-refractivity contribution is 7.91. The summed E-state index contributed by atoms with van der Waals surface area (Å²) >= 11 is 0. The minimum atomic E-state index is -3.72. The average molecular weight is 477 g/mol. The number of piperidine rings is 1. The molecule has 1 aliphatic heterocycles. The molecule has 0 unspecified atom stereocenters. The van der Waals surface area contributed by atoms with Crippen molar-refractivity contribution in [1.82, 2.24) is 5.32 Å². The number of carbonyl (C=O) groups is 1. The summed E-state index contributed by atoms with van der Waals surface area (Å²) in [5.74, 6) is -0.446. The van der Waals surface area contributed by atoms with Crippen molar-refractivity contribution < 1.29 is 27.2 Å². The molecule has 0 spiro atoms. The van der Waals surface area contributed by atoms with Gasteiger partial charge in [0, 0.05) is 18.4 Å². The van der Waals surface area contributed by atoms with Crippen molar-refractivity contribution in [2.75, 3.05) is 19.6 Å². The Balaban J connectivity index is 1.68. The zero-order chi connectivity index (χ0) is 24.5. The van der Waals surface area contributed by atoms with E-state index in [0.717, 1.165) is 0 Å². The molecule has 0 bridgehead atoms. The van der Waals surface area contributed by atoms with Crippen LogP contribution in [0, 0.1) is 5.82 Å². The van der Waals surface area contributed by atoms with E-state index in [2.05, 4.69) is 5.32 Å². The summed E-state index contributed by atoms with van der Waals surface area (Å²) in [4.78, 5) is 12.2. The van der Waals surface area contributed by atoms with E-state index in [4.69, 9.17) is 0 Å². The Morgan fingerprint density at radius 2 is 1.70 bits per heavy atom. The number of benzene rings is 2. The molecule has 8 heteroatoms. The number of nitrogens with zero attached hydrogens (tertiary/aromatic N) is 1. The van der Waals surface area contributed by atoms with Crippen LogP contribution >= 0.6 is 0 Å². The summed E-state index contributed by atoms with van der Waals surface area (Å²) in [5.41, 5.74) is -0.422. The van der Waals surface area contributed by atoms with E-state index in [1.165, 1.54) is 30.3 Å². The minimum Gasteiger partial charge on any atom is -0.498 e. The number of quaternary nitrogens is 1. The van der Waals surface area contributed by atoms with Crippen molar-refractivity contribution in [3.05, 3.63) is 59.9 Å². The highest BCUT2D eigenvalue weighted by atomic mass is 32.2. The summed E-state index contributed by atoms with van der Waals surface area (Å²) < 4.78 is 40.1. The average Bonchev–Trinajstić information content (AvgIpc) is 2.75. The smallest absolute Gasteiger partial charge is 0.257 e. The number of carbonyl (C=O) groups excluding carboxylic acids is 1. The van der Waals surface area contributed by atoms with E-state index in [0.29, 0.717) is 44.5 Å². The fraction of sp³-hybridized carbons (Fsp3) is 0.480. The van der Waals surface area contributed by atoms with Gasteiger partial charge in [-0.25, -0.2) is 12.8 Å². The van der Waals surface area contributed by atoms with Gasteiger partial charge in [0.15, 0.2) is 0 Å². The van der Waals surface area contributed by atoms with Gasteiger partial charge in [-0.1, -0.05) is 18.2 Å². The second kappa shape index (κ2) is 9.16. The number of rotatable bonds is 6. The molecule has 0 atom stereocenters. The van der Waals surface area contributed by atoms with Crippen LogP contribution in [0.3, 0.4) is 0 Å². The fourth-order valence-electron chi connectivity index (χ4n) is 4.56. The lowest BCUT2D eigenvalue weighted by atomic mass is 9.85. The van der Waals surface area contributed by atoms with Gasteiger partial charge in [0.25, 0.3) is 6.09 Å². The monoisotopic (exact) mass is 476 g/mol. The third-order valence-corrected chi connectivity index (χ3v) is 8.82. The number of likely N-dealkylation sites (tertiary alicyclic amines) is 1. The molecule has 0 saturated carbocycles. The Kier molecular flexibility index (Phi) is 7.03. The standard InChI is InChI=1S/C25H33FN2O4S/c1-24(2,3)28(23(29)30)16-13-25(4,14-17-28)27-15-12-19-18-21(10-11-22(19)26)33(31,32)20-8-6-5-7-9-20/h5-11,18,27H,12-17H2,1-4H3. The lowest BCUT2D eigenvalue weighted by Gasteiger charge is -2.53. The van der Waals surface area contributed by atoms with Gasteiger partial charge in [-0.05, 0) is 76.6 Å². The van der Waals surface area contributed by atoms with Crippen LogP contribution in [0.5, 0.6) is 0 Å². The Labute approximate surface area is 195 Å². The van der Waals surface area contributed by atoms with Gasteiger partial charge in [0.2, 0.25) is 9.84 Å². The number of hydrogen-bond acceptors (Lipinski definition) is 5. The second-order valence-corrected chi connectivity index (χ2v) is 12.1. The first-order chi connectivity index (χ1) is 15.3. The Morgan fingerprint density at radius 1 is 1.09 bits per heavy atom. The molecule has 33 heavy (non-hydrogen) atoms. The van der Waals surface area contributed by atoms with E-state index in [1.54, 1.807) is 18.2 Å². The number of amides is 1. The van der Waals surface area contributed by atoms with E-state index in [9.17, 15) is 22.7 Å². The van der Waals surface area contributed by atoms with Crippen LogP contribution < -0.4 is 10.4 Å². The van der Waals surface area contributed by atoms with Gasteiger partial charge < -0.3 is 15.2 Å². The molecule has 1 fully saturated rings. The predicted octanol–water partition coefficient (Wildman–Crippen LogP) is 3.30. The van der Waals surface area contributed by atoms with Crippen molar-refractivity contribution in [3.63, 3.8) is 0 Å². The Hall–Kier alpha value is -2.29. The third kappa shape index (κ3) is 5.13. The fourth-order valence-corrected chi connectivity index (χ4v) is 5.89. The van der Waals surface area contributed by atoms with Crippen molar-refractivity contribution in [2.45, 2.75) is 67.8 Å². The molecule has 1 aliphatic rings. The van der Waals surface area contributed by atoms with Gasteiger partial charge in [-0.3, -0.25) is 4.48 Å². The molecule has 6 nitrogen and oxygen atoms in total. The third-order valence-electron chi connectivity index (χ3n) is 7.05. The highest BCUT2D eigenvalue weighted by Gasteiger charge is 2.48. The minimum absolute atomic E-state index is 0.0650. The van der Waals surface area contributed by atoms with E-state index in [-0.39, 0.29) is 19.8 Å². The summed E-state index contributed by atoms with van der Waals surface area (Å²) in [7, 11) is -3.72. The van der Waals surface area contributed by atoms with Crippen LogP contribution in [0.15, 0.2) is 58.3 Å². The zero-order valence-corrected chi connectivity index (χ0v) is 20.5. The molecule has 0 aliphatic carbocycles. The van der Waals surface area contributed by atoms with Crippen molar-refractivity contribution in [3.8, 4) is 0 Å². The number of sulfone groups is 1. The maximum atomic E-state index is 14.4. The first-order valence-electron chi connectivity index (χ1n) is 11.2. The summed E-state index contributed by atoms with van der Waals surface area (Å²) in [5, 5.41) is 15.4. The molecule has 1 saturated heterocycles. The molecule has 1 heterocycles. The van der Waals surface area contributed by atoms with Gasteiger partial charge in [0.05, 0.1) is 28.4 Å². The number of carboxylic acid groups (broad SMARTS) is 1. The number of hydrogen-bond donors (Lipinski definition) is 1. The van der Waals surface area contributed by atoms with Crippen LogP contribution in [0.25, 0.3) is 0 Å². The Bertz CT molecular complexity index is 1100. The van der Waals surface area contributed by atoms with Crippen LogP contribution in [-0.2, 0) is 16.3 Å². The van der Waals surface area contributed by atoms with E-state index >= 15 is 0 Å². The normalized spacial score (nSPS) is 23.9. The van der Waals surface area contributed by atoms with Crippen molar-refractivity contribution in [1.29, 1.82) is 0 Å². The molecule has 1 N–H and O–H groups in total. The second-order valence-electron chi connectivity index (χ2n) is 10.2. The molecular weight excluding hydrogens is 443 g/mol. The summed E-state index contributed by atoms with van der Waals surface area (Å²) in [6.45, 7) is 9.14. The van der Waals surface area contributed by atoms with E-state index in [1.807, 2.05) is 27.7 Å². The highest BCUT2D eigenvalue weighted by Crippen LogP contribution is 2.34. The van der Waals surface area contributed by atoms with Crippen LogP contribution in [0.4, 0.5) is 9.18 Å². The van der Waals surface area contributed by atoms with E-state index < -0.39 is 27.3 Å². The van der Waals surface area contributed by atoms with Crippen molar-refractivity contribution >= 4 is 15.9 Å². The number of nitrogens with one attached hydrogen (secondary N) is 1. The van der Waals surface area contributed by atoms with Crippen molar-refractivity contribution in [2.24, 2.45) is 0 Å². The van der Waals surface area contributed by atoms with Gasteiger partial charge in [-0.15, -0.1) is 0 Å². The molecule has 0 radical (unpaired) electrons. The molecule has 0 aromatic heterocycles. The quantitative estimate of drug-likeness (QED) is 0.511. The van der Waals surface area contributed by atoms with Gasteiger partial charge >= 0.3 is 0 Å². The molecule has 3 rings (SSSR count). The summed E-state index contributed by atoms with van der Waals surface area (Å²) in [6, 6.07) is 12.0. The van der Waals surface area contributed by atoms with Crippen LogP contribution in [0.2, 0.25) is 0 Å². The largest absolute Gasteiger partial charge is 0.498 e. The topological polar surface area (TPSA) is 86.3 Å². The lowest BCUT2D eigenvalue weighted by Crippen LogP contribution is -2.72. The SMILES string of the molecule is CC1(NCCc2cc(S(=O)(=O)c3ccccc3)ccc2F)CC[N+](C(=O)[O-])(C(C)(C)C)CC1. The predicted molar refractivity (Wildman–Crippen MR) is 123 cm³/mol.